The molecule has 8 heteroatoms. The minimum Gasteiger partial charge on any atom is -0.477 e. The van der Waals surface area contributed by atoms with Crippen LogP contribution in [0.4, 0.5) is 5.82 Å². The topological polar surface area (TPSA) is 112 Å². The zero-order valence-corrected chi connectivity index (χ0v) is 10.7. The van der Waals surface area contributed by atoms with E-state index in [-0.39, 0.29) is 16.4 Å². The number of sulfonamides is 1. The molecule has 0 bridgehead atoms. The summed E-state index contributed by atoms with van der Waals surface area (Å²) < 4.78 is 26.4. The van der Waals surface area contributed by atoms with Crippen molar-refractivity contribution in [3.8, 4) is 0 Å². The SMILES string of the molecule is Cc1cccnc1NS(=O)(=O)c1c[nH]c(C(=O)O)c1. The summed E-state index contributed by atoms with van der Waals surface area (Å²) in [5.74, 6) is -1.02. The van der Waals surface area contributed by atoms with Crippen LogP contribution in [0.1, 0.15) is 16.1 Å². The van der Waals surface area contributed by atoms with Gasteiger partial charge in [0.25, 0.3) is 10.0 Å². The van der Waals surface area contributed by atoms with Crippen molar-refractivity contribution in [1.29, 1.82) is 0 Å². The Labute approximate surface area is 109 Å². The number of aromatic amines is 1. The molecular formula is C11H11N3O4S. The minimum atomic E-state index is -3.86. The summed E-state index contributed by atoms with van der Waals surface area (Å²) >= 11 is 0. The highest BCUT2D eigenvalue weighted by molar-refractivity contribution is 7.92. The van der Waals surface area contributed by atoms with E-state index in [1.807, 2.05) is 0 Å². The van der Waals surface area contributed by atoms with Gasteiger partial charge in [-0.15, -0.1) is 0 Å². The van der Waals surface area contributed by atoms with Crippen LogP contribution in [-0.2, 0) is 10.0 Å². The third-order valence-corrected chi connectivity index (χ3v) is 3.76. The first-order chi connectivity index (χ1) is 8.90. The van der Waals surface area contributed by atoms with Crippen molar-refractivity contribution in [3.63, 3.8) is 0 Å². The van der Waals surface area contributed by atoms with Gasteiger partial charge in [0.05, 0.1) is 0 Å². The van der Waals surface area contributed by atoms with E-state index >= 15 is 0 Å². The molecule has 100 valence electrons. The highest BCUT2D eigenvalue weighted by atomic mass is 32.2. The highest BCUT2D eigenvalue weighted by Gasteiger charge is 2.19. The van der Waals surface area contributed by atoms with E-state index in [1.165, 1.54) is 6.20 Å². The Morgan fingerprint density at radius 1 is 1.47 bits per heavy atom. The molecule has 0 aliphatic rings. The van der Waals surface area contributed by atoms with Crippen LogP contribution in [0.3, 0.4) is 0 Å². The van der Waals surface area contributed by atoms with Gasteiger partial charge < -0.3 is 10.1 Å². The van der Waals surface area contributed by atoms with E-state index in [9.17, 15) is 13.2 Å². The van der Waals surface area contributed by atoms with Gasteiger partial charge in [-0.25, -0.2) is 18.2 Å². The average molecular weight is 281 g/mol. The molecule has 2 heterocycles. The van der Waals surface area contributed by atoms with E-state index in [1.54, 1.807) is 19.1 Å². The van der Waals surface area contributed by atoms with E-state index in [0.29, 0.717) is 5.56 Å². The molecular weight excluding hydrogens is 270 g/mol. The third kappa shape index (κ3) is 2.74. The number of H-pyrrole nitrogens is 1. The van der Waals surface area contributed by atoms with Gasteiger partial charge in [0, 0.05) is 12.4 Å². The summed E-state index contributed by atoms with van der Waals surface area (Å²) in [6, 6.07) is 4.44. The molecule has 0 saturated carbocycles. The maximum Gasteiger partial charge on any atom is 0.352 e. The van der Waals surface area contributed by atoms with Crippen molar-refractivity contribution < 1.29 is 18.3 Å². The molecule has 0 atom stereocenters. The molecule has 0 fully saturated rings. The largest absolute Gasteiger partial charge is 0.477 e. The molecule has 0 aromatic carbocycles. The molecule has 0 aliphatic heterocycles. The first-order valence-corrected chi connectivity index (χ1v) is 6.74. The summed E-state index contributed by atoms with van der Waals surface area (Å²) in [5, 5.41) is 8.74. The van der Waals surface area contributed by atoms with Gasteiger partial charge in [-0.05, 0) is 24.6 Å². The lowest BCUT2D eigenvalue weighted by atomic mass is 10.3. The number of aromatic nitrogens is 2. The van der Waals surface area contributed by atoms with Crippen molar-refractivity contribution >= 4 is 21.8 Å². The quantitative estimate of drug-likeness (QED) is 0.780. The lowest BCUT2D eigenvalue weighted by Gasteiger charge is -2.07. The Kier molecular flexibility index (Phi) is 3.26. The number of carboxylic acid groups (broad SMARTS) is 1. The lowest BCUT2D eigenvalue weighted by Crippen LogP contribution is -2.14. The van der Waals surface area contributed by atoms with Crippen LogP contribution in [0.15, 0.2) is 35.5 Å². The first-order valence-electron chi connectivity index (χ1n) is 5.26. The summed E-state index contributed by atoms with van der Waals surface area (Å²) in [7, 11) is -3.86. The highest BCUT2D eigenvalue weighted by Crippen LogP contribution is 2.17. The Bertz CT molecular complexity index is 721. The Morgan fingerprint density at radius 2 is 2.21 bits per heavy atom. The molecule has 2 aromatic rings. The van der Waals surface area contributed by atoms with E-state index in [2.05, 4.69) is 14.7 Å². The van der Waals surface area contributed by atoms with Crippen LogP contribution in [0.2, 0.25) is 0 Å². The van der Waals surface area contributed by atoms with Crippen LogP contribution in [0.25, 0.3) is 0 Å². The molecule has 0 saturated heterocycles. The van der Waals surface area contributed by atoms with Gasteiger partial charge in [0.15, 0.2) is 0 Å². The molecule has 0 aliphatic carbocycles. The zero-order valence-electron chi connectivity index (χ0n) is 9.91. The fourth-order valence-electron chi connectivity index (χ4n) is 1.43. The average Bonchev–Trinajstić information content (AvgIpc) is 2.82. The second-order valence-corrected chi connectivity index (χ2v) is 5.51. The van der Waals surface area contributed by atoms with Gasteiger partial charge in [0.2, 0.25) is 0 Å². The van der Waals surface area contributed by atoms with Gasteiger partial charge >= 0.3 is 5.97 Å². The number of nitrogens with one attached hydrogen (secondary N) is 2. The van der Waals surface area contributed by atoms with Gasteiger partial charge in [-0.2, -0.15) is 0 Å². The van der Waals surface area contributed by atoms with Crippen molar-refractivity contribution in [2.75, 3.05) is 4.72 Å². The summed E-state index contributed by atoms with van der Waals surface area (Å²) in [4.78, 5) is 16.8. The number of hydrogen-bond acceptors (Lipinski definition) is 4. The molecule has 2 rings (SSSR count). The number of anilines is 1. The zero-order chi connectivity index (χ0) is 14.0. The van der Waals surface area contributed by atoms with Gasteiger partial charge in [-0.3, -0.25) is 4.72 Å². The summed E-state index contributed by atoms with van der Waals surface area (Å²) in [5.41, 5.74) is 0.471. The number of carboxylic acids is 1. The van der Waals surface area contributed by atoms with Gasteiger partial charge in [0.1, 0.15) is 16.4 Å². The van der Waals surface area contributed by atoms with Crippen LogP contribution in [0, 0.1) is 6.92 Å². The molecule has 3 N–H and O–H groups in total. The van der Waals surface area contributed by atoms with Crippen LogP contribution < -0.4 is 4.72 Å². The fraction of sp³-hybridized carbons (Fsp3) is 0.0909. The Hall–Kier alpha value is -2.35. The number of nitrogens with zero attached hydrogens (tertiary/aromatic N) is 1. The molecule has 19 heavy (non-hydrogen) atoms. The first kappa shape index (κ1) is 13.1. The van der Waals surface area contributed by atoms with Crippen LogP contribution in [-0.4, -0.2) is 29.5 Å². The number of aryl methyl sites for hydroxylation is 1. The molecule has 0 unspecified atom stereocenters. The Balaban J connectivity index is 2.32. The fourth-order valence-corrected chi connectivity index (χ4v) is 2.50. The van der Waals surface area contributed by atoms with E-state index < -0.39 is 16.0 Å². The van der Waals surface area contributed by atoms with Gasteiger partial charge in [-0.1, -0.05) is 6.07 Å². The van der Waals surface area contributed by atoms with Crippen molar-refractivity contribution in [2.45, 2.75) is 11.8 Å². The molecule has 0 amide bonds. The lowest BCUT2D eigenvalue weighted by molar-refractivity contribution is 0.0691. The summed E-state index contributed by atoms with van der Waals surface area (Å²) in [6.45, 7) is 1.71. The normalized spacial score (nSPS) is 11.2. The predicted octanol–water partition coefficient (Wildman–Crippen LogP) is 1.22. The molecule has 7 nitrogen and oxygen atoms in total. The minimum absolute atomic E-state index is 0.157. The Morgan fingerprint density at radius 3 is 2.79 bits per heavy atom. The maximum absolute atomic E-state index is 12.0. The molecule has 2 aromatic heterocycles. The molecule has 0 radical (unpaired) electrons. The van der Waals surface area contributed by atoms with Crippen molar-refractivity contribution in [3.05, 3.63) is 41.9 Å². The molecule has 0 spiro atoms. The van der Waals surface area contributed by atoms with Crippen molar-refractivity contribution in [2.24, 2.45) is 0 Å². The maximum atomic E-state index is 12.0. The second-order valence-electron chi connectivity index (χ2n) is 3.83. The summed E-state index contributed by atoms with van der Waals surface area (Å²) in [6.07, 6.45) is 2.58. The third-order valence-electron chi connectivity index (χ3n) is 2.44. The number of hydrogen-bond donors (Lipinski definition) is 3. The van der Waals surface area contributed by atoms with E-state index in [4.69, 9.17) is 5.11 Å². The van der Waals surface area contributed by atoms with Crippen molar-refractivity contribution in [1.82, 2.24) is 9.97 Å². The van der Waals surface area contributed by atoms with E-state index in [0.717, 1.165) is 12.3 Å². The predicted molar refractivity (Wildman–Crippen MR) is 67.5 cm³/mol. The monoisotopic (exact) mass is 281 g/mol. The number of aromatic carboxylic acids is 1. The number of pyridine rings is 1. The van der Waals surface area contributed by atoms with Crippen LogP contribution >= 0.6 is 0 Å². The number of carbonyl (C=O) groups is 1. The number of rotatable bonds is 4. The smallest absolute Gasteiger partial charge is 0.352 e. The standard InChI is InChI=1S/C11H11N3O4S/c1-7-3-2-4-12-10(7)14-19(17,18)8-5-9(11(15)16)13-6-8/h2-6,13H,1H3,(H,12,14)(H,15,16). The second kappa shape index (κ2) is 4.73. The van der Waals surface area contributed by atoms with Crippen LogP contribution in [0.5, 0.6) is 0 Å².